The smallest absolute Gasteiger partial charge is 0.224 e. The van der Waals surface area contributed by atoms with Gasteiger partial charge in [0, 0.05) is 12.0 Å². The van der Waals surface area contributed by atoms with Gasteiger partial charge in [-0.05, 0) is 43.0 Å². The van der Waals surface area contributed by atoms with Crippen molar-refractivity contribution in [2.24, 2.45) is 0 Å². The standard InChI is InChI=1S/C21H23NO3/c1-15-2-4-16(5-3-15)12-20(23)22-14-21(8-9-21)17-6-7-18-19(13-17)25-11-10-24-18/h2-7,13H,8-12,14H2,1H3,(H,22,23). The molecule has 0 spiro atoms. The number of benzene rings is 2. The average Bonchev–Trinajstić information content (AvgIpc) is 3.43. The van der Waals surface area contributed by atoms with E-state index in [1.54, 1.807) is 0 Å². The lowest BCUT2D eigenvalue weighted by Crippen LogP contribution is -2.33. The molecule has 4 rings (SSSR count). The van der Waals surface area contributed by atoms with E-state index >= 15 is 0 Å². The van der Waals surface area contributed by atoms with Crippen molar-refractivity contribution in [1.82, 2.24) is 5.32 Å². The summed E-state index contributed by atoms with van der Waals surface area (Å²) in [7, 11) is 0. The largest absolute Gasteiger partial charge is 0.486 e. The lowest BCUT2D eigenvalue weighted by molar-refractivity contribution is -0.120. The molecule has 0 saturated heterocycles. The summed E-state index contributed by atoms with van der Waals surface area (Å²) in [6, 6.07) is 14.3. The van der Waals surface area contributed by atoms with E-state index in [9.17, 15) is 4.79 Å². The van der Waals surface area contributed by atoms with Gasteiger partial charge in [0.25, 0.3) is 0 Å². The summed E-state index contributed by atoms with van der Waals surface area (Å²) in [5.74, 6) is 1.71. The van der Waals surface area contributed by atoms with Gasteiger partial charge < -0.3 is 14.8 Å². The number of carbonyl (C=O) groups is 1. The first-order valence-corrected chi connectivity index (χ1v) is 8.87. The molecule has 0 unspecified atom stereocenters. The monoisotopic (exact) mass is 337 g/mol. The zero-order valence-corrected chi connectivity index (χ0v) is 14.5. The molecule has 0 radical (unpaired) electrons. The van der Waals surface area contributed by atoms with Crippen LogP contribution in [-0.4, -0.2) is 25.7 Å². The molecule has 2 aromatic carbocycles. The van der Waals surface area contributed by atoms with E-state index in [-0.39, 0.29) is 11.3 Å². The Labute approximate surface area is 148 Å². The highest BCUT2D eigenvalue weighted by Crippen LogP contribution is 2.49. The van der Waals surface area contributed by atoms with Crippen molar-refractivity contribution in [1.29, 1.82) is 0 Å². The van der Waals surface area contributed by atoms with Crippen molar-refractivity contribution in [2.45, 2.75) is 31.6 Å². The summed E-state index contributed by atoms with van der Waals surface area (Å²) in [4.78, 5) is 12.3. The SMILES string of the molecule is Cc1ccc(CC(=O)NCC2(c3ccc4c(c3)OCCO4)CC2)cc1. The molecule has 0 aromatic heterocycles. The Balaban J connectivity index is 1.38. The van der Waals surface area contributed by atoms with Gasteiger partial charge in [0.2, 0.25) is 5.91 Å². The molecule has 4 heteroatoms. The highest BCUT2D eigenvalue weighted by molar-refractivity contribution is 5.78. The van der Waals surface area contributed by atoms with Crippen LogP contribution in [0.5, 0.6) is 11.5 Å². The van der Waals surface area contributed by atoms with Crippen LogP contribution in [0, 0.1) is 6.92 Å². The van der Waals surface area contributed by atoms with Gasteiger partial charge >= 0.3 is 0 Å². The summed E-state index contributed by atoms with van der Waals surface area (Å²) in [6.45, 7) is 3.93. The molecule has 4 nitrogen and oxygen atoms in total. The molecular formula is C21H23NO3. The van der Waals surface area contributed by atoms with Gasteiger partial charge in [-0.15, -0.1) is 0 Å². The number of rotatable bonds is 5. The van der Waals surface area contributed by atoms with Crippen molar-refractivity contribution >= 4 is 5.91 Å². The first-order chi connectivity index (χ1) is 12.1. The predicted molar refractivity (Wildman–Crippen MR) is 96.2 cm³/mol. The third-order valence-electron chi connectivity index (χ3n) is 5.12. The zero-order chi connectivity index (χ0) is 17.3. The second kappa shape index (κ2) is 6.43. The third kappa shape index (κ3) is 3.48. The van der Waals surface area contributed by atoms with Crippen molar-refractivity contribution in [3.05, 3.63) is 59.2 Å². The van der Waals surface area contributed by atoms with Gasteiger partial charge in [0.15, 0.2) is 11.5 Å². The molecule has 130 valence electrons. The van der Waals surface area contributed by atoms with Gasteiger partial charge in [-0.1, -0.05) is 35.9 Å². The summed E-state index contributed by atoms with van der Waals surface area (Å²) in [5.41, 5.74) is 3.54. The second-order valence-electron chi connectivity index (χ2n) is 7.08. The fraction of sp³-hybridized carbons (Fsp3) is 0.381. The second-order valence-corrected chi connectivity index (χ2v) is 7.08. The van der Waals surface area contributed by atoms with Crippen molar-refractivity contribution in [3.63, 3.8) is 0 Å². The van der Waals surface area contributed by atoms with E-state index in [4.69, 9.17) is 9.47 Å². The minimum Gasteiger partial charge on any atom is -0.486 e. The summed E-state index contributed by atoms with van der Waals surface area (Å²) < 4.78 is 11.3. The minimum atomic E-state index is 0.0543. The van der Waals surface area contributed by atoms with E-state index in [1.807, 2.05) is 37.3 Å². The Morgan fingerprint density at radius 1 is 1.04 bits per heavy atom. The van der Waals surface area contributed by atoms with Gasteiger partial charge in [-0.3, -0.25) is 4.79 Å². The van der Waals surface area contributed by atoms with Gasteiger partial charge in [-0.25, -0.2) is 0 Å². The van der Waals surface area contributed by atoms with Crippen LogP contribution in [-0.2, 0) is 16.6 Å². The molecule has 1 N–H and O–H groups in total. The maximum Gasteiger partial charge on any atom is 0.224 e. The summed E-state index contributed by atoms with van der Waals surface area (Å²) in [6.07, 6.45) is 2.62. The van der Waals surface area contributed by atoms with Crippen molar-refractivity contribution in [2.75, 3.05) is 19.8 Å². The van der Waals surface area contributed by atoms with Crippen LogP contribution in [0.2, 0.25) is 0 Å². The van der Waals surface area contributed by atoms with Crippen molar-refractivity contribution in [3.8, 4) is 11.5 Å². The van der Waals surface area contributed by atoms with Crippen molar-refractivity contribution < 1.29 is 14.3 Å². The molecule has 2 aromatic rings. The minimum absolute atomic E-state index is 0.0543. The molecular weight excluding hydrogens is 314 g/mol. The first kappa shape index (κ1) is 16.0. The van der Waals surface area contributed by atoms with E-state index in [0.717, 1.165) is 29.9 Å². The molecule has 1 heterocycles. The molecule has 1 saturated carbocycles. The van der Waals surface area contributed by atoms with Gasteiger partial charge in [0.05, 0.1) is 6.42 Å². The van der Waals surface area contributed by atoms with Crippen LogP contribution in [0.4, 0.5) is 0 Å². The van der Waals surface area contributed by atoms with Crippen LogP contribution in [0.25, 0.3) is 0 Å². The van der Waals surface area contributed by atoms with Crippen LogP contribution >= 0.6 is 0 Å². The van der Waals surface area contributed by atoms with E-state index in [2.05, 4.69) is 17.4 Å². The number of carbonyl (C=O) groups excluding carboxylic acids is 1. The number of nitrogens with one attached hydrogen (secondary N) is 1. The van der Waals surface area contributed by atoms with Crippen LogP contribution in [0.1, 0.15) is 29.5 Å². The fourth-order valence-electron chi connectivity index (χ4n) is 3.31. The number of amides is 1. The van der Waals surface area contributed by atoms with Crippen LogP contribution < -0.4 is 14.8 Å². The number of hydrogen-bond acceptors (Lipinski definition) is 3. The average molecular weight is 337 g/mol. The number of ether oxygens (including phenoxy) is 2. The summed E-state index contributed by atoms with van der Waals surface area (Å²) >= 11 is 0. The zero-order valence-electron chi connectivity index (χ0n) is 14.5. The Kier molecular flexibility index (Phi) is 4.12. The Morgan fingerprint density at radius 3 is 2.48 bits per heavy atom. The molecule has 1 aliphatic carbocycles. The topological polar surface area (TPSA) is 47.6 Å². The lowest BCUT2D eigenvalue weighted by Gasteiger charge is -2.22. The first-order valence-electron chi connectivity index (χ1n) is 8.87. The van der Waals surface area contributed by atoms with Gasteiger partial charge in [-0.2, -0.15) is 0 Å². The van der Waals surface area contributed by atoms with E-state index < -0.39 is 0 Å². The Hall–Kier alpha value is -2.49. The summed E-state index contributed by atoms with van der Waals surface area (Å²) in [5, 5.41) is 3.12. The Bertz CT molecular complexity index is 778. The molecule has 25 heavy (non-hydrogen) atoms. The maximum atomic E-state index is 12.3. The molecule has 0 bridgehead atoms. The normalized spacial score (nSPS) is 17.0. The van der Waals surface area contributed by atoms with Gasteiger partial charge in [0.1, 0.15) is 13.2 Å². The molecule has 1 aliphatic heterocycles. The maximum absolute atomic E-state index is 12.3. The molecule has 2 aliphatic rings. The van der Waals surface area contributed by atoms with E-state index in [1.165, 1.54) is 11.1 Å². The van der Waals surface area contributed by atoms with Crippen LogP contribution in [0.3, 0.4) is 0 Å². The Morgan fingerprint density at radius 2 is 1.76 bits per heavy atom. The number of aryl methyl sites for hydroxylation is 1. The molecule has 0 atom stereocenters. The van der Waals surface area contributed by atoms with E-state index in [0.29, 0.717) is 26.2 Å². The highest BCUT2D eigenvalue weighted by Gasteiger charge is 2.44. The molecule has 1 amide bonds. The highest BCUT2D eigenvalue weighted by atomic mass is 16.6. The lowest BCUT2D eigenvalue weighted by atomic mass is 9.95. The third-order valence-corrected chi connectivity index (χ3v) is 5.12. The number of fused-ring (bicyclic) bond motifs is 1. The predicted octanol–water partition coefficient (Wildman–Crippen LogP) is 3.16. The molecule has 1 fully saturated rings. The fourth-order valence-corrected chi connectivity index (χ4v) is 3.31. The number of hydrogen-bond donors (Lipinski definition) is 1. The van der Waals surface area contributed by atoms with Crippen LogP contribution in [0.15, 0.2) is 42.5 Å². The quantitative estimate of drug-likeness (QED) is 0.912.